The molecule has 1 saturated heterocycles. The fraction of sp³-hybridized carbons (Fsp3) is 0.267. The van der Waals surface area contributed by atoms with E-state index in [9.17, 15) is 9.59 Å². The summed E-state index contributed by atoms with van der Waals surface area (Å²) < 4.78 is 0. The normalized spacial score (nSPS) is 20.4. The Kier molecular flexibility index (Phi) is 3.10. The summed E-state index contributed by atoms with van der Waals surface area (Å²) in [6.45, 7) is 1.81. The van der Waals surface area contributed by atoms with Gasteiger partial charge in [-0.3, -0.25) is 14.5 Å². The van der Waals surface area contributed by atoms with E-state index in [0.29, 0.717) is 5.82 Å². The largest absolute Gasteiger partial charge is 0.347 e. The van der Waals surface area contributed by atoms with Gasteiger partial charge in [0.25, 0.3) is 0 Å². The van der Waals surface area contributed by atoms with Gasteiger partial charge in [0.15, 0.2) is 0 Å². The molecule has 20 heavy (non-hydrogen) atoms. The van der Waals surface area contributed by atoms with Crippen LogP contribution in [0, 0.1) is 0 Å². The number of imide groups is 1. The van der Waals surface area contributed by atoms with Gasteiger partial charge in [-0.1, -0.05) is 30.3 Å². The van der Waals surface area contributed by atoms with E-state index < -0.39 is 0 Å². The van der Waals surface area contributed by atoms with Crippen molar-refractivity contribution in [3.05, 3.63) is 54.1 Å². The van der Waals surface area contributed by atoms with Crippen LogP contribution in [0.3, 0.4) is 0 Å². The van der Waals surface area contributed by atoms with Crippen LogP contribution < -0.4 is 0 Å². The molecule has 5 heteroatoms. The molecule has 0 saturated carbocycles. The highest BCUT2D eigenvalue weighted by Gasteiger charge is 2.42. The minimum atomic E-state index is -0.374. The first-order valence-electron chi connectivity index (χ1n) is 6.58. The standard InChI is InChI=1S/C15H15N3O2/c1-10(14-16-7-8-17-14)18-13(19)9-12(15(18)20)11-5-3-2-4-6-11/h2-8,10,12H,9H2,1H3,(H,16,17). The number of imidazole rings is 1. The van der Waals surface area contributed by atoms with Gasteiger partial charge in [0.2, 0.25) is 11.8 Å². The van der Waals surface area contributed by atoms with E-state index in [1.165, 1.54) is 4.90 Å². The lowest BCUT2D eigenvalue weighted by Crippen LogP contribution is -2.33. The first-order chi connectivity index (χ1) is 9.68. The van der Waals surface area contributed by atoms with Crippen molar-refractivity contribution in [2.75, 3.05) is 0 Å². The molecular formula is C15H15N3O2. The molecule has 2 heterocycles. The summed E-state index contributed by atoms with van der Waals surface area (Å²) in [5.74, 6) is -0.0422. The zero-order valence-electron chi connectivity index (χ0n) is 11.1. The van der Waals surface area contributed by atoms with Crippen molar-refractivity contribution < 1.29 is 9.59 Å². The molecule has 0 aliphatic carbocycles. The maximum absolute atomic E-state index is 12.5. The highest BCUT2D eigenvalue weighted by Crippen LogP contribution is 2.34. The number of benzene rings is 1. The number of carbonyl (C=O) groups is 2. The molecule has 0 radical (unpaired) electrons. The van der Waals surface area contributed by atoms with Crippen molar-refractivity contribution >= 4 is 11.8 Å². The maximum Gasteiger partial charge on any atom is 0.237 e. The molecule has 2 atom stereocenters. The Hall–Kier alpha value is -2.43. The van der Waals surface area contributed by atoms with Gasteiger partial charge in [-0.25, -0.2) is 4.98 Å². The lowest BCUT2D eigenvalue weighted by Gasteiger charge is -2.21. The molecule has 0 bridgehead atoms. The van der Waals surface area contributed by atoms with Crippen molar-refractivity contribution in [3.63, 3.8) is 0 Å². The van der Waals surface area contributed by atoms with E-state index in [2.05, 4.69) is 9.97 Å². The molecule has 3 rings (SSSR count). The van der Waals surface area contributed by atoms with Crippen molar-refractivity contribution in [2.45, 2.75) is 25.3 Å². The van der Waals surface area contributed by atoms with E-state index in [-0.39, 0.29) is 30.2 Å². The number of hydrogen-bond donors (Lipinski definition) is 1. The number of nitrogens with one attached hydrogen (secondary N) is 1. The van der Waals surface area contributed by atoms with Crippen LogP contribution >= 0.6 is 0 Å². The second kappa shape index (κ2) is 4.92. The Labute approximate surface area is 116 Å². The highest BCUT2D eigenvalue weighted by molar-refractivity contribution is 6.06. The average molecular weight is 269 g/mol. The molecule has 2 unspecified atom stereocenters. The van der Waals surface area contributed by atoms with Gasteiger partial charge in [-0.05, 0) is 12.5 Å². The molecule has 2 aromatic rings. The summed E-state index contributed by atoms with van der Waals surface area (Å²) in [5, 5.41) is 0. The number of H-pyrrole nitrogens is 1. The number of likely N-dealkylation sites (tertiary alicyclic amines) is 1. The number of nitrogens with zero attached hydrogens (tertiary/aromatic N) is 2. The number of aromatic nitrogens is 2. The fourth-order valence-corrected chi connectivity index (χ4v) is 2.63. The maximum atomic E-state index is 12.5. The van der Waals surface area contributed by atoms with Crippen molar-refractivity contribution in [2.24, 2.45) is 0 Å². The topological polar surface area (TPSA) is 66.1 Å². The van der Waals surface area contributed by atoms with Crippen LogP contribution in [-0.2, 0) is 9.59 Å². The Morgan fingerprint density at radius 1 is 1.30 bits per heavy atom. The first-order valence-corrected chi connectivity index (χ1v) is 6.58. The predicted octanol–water partition coefficient (Wildman–Crippen LogP) is 2.01. The Balaban J connectivity index is 1.88. The molecule has 1 aliphatic heterocycles. The average Bonchev–Trinajstić information content (AvgIpc) is 3.08. The molecule has 1 aromatic heterocycles. The van der Waals surface area contributed by atoms with Crippen LogP contribution in [0.4, 0.5) is 0 Å². The van der Waals surface area contributed by atoms with Crippen LogP contribution in [-0.4, -0.2) is 26.7 Å². The highest BCUT2D eigenvalue weighted by atomic mass is 16.2. The number of carbonyl (C=O) groups excluding carboxylic acids is 2. The Morgan fingerprint density at radius 2 is 2.05 bits per heavy atom. The SMILES string of the molecule is CC(c1ncc[nH]1)N1C(=O)CC(c2ccccc2)C1=O. The Bertz CT molecular complexity index is 622. The van der Waals surface area contributed by atoms with E-state index in [1.54, 1.807) is 12.4 Å². The molecule has 1 aliphatic rings. The van der Waals surface area contributed by atoms with Crippen LogP contribution in [0.2, 0.25) is 0 Å². The van der Waals surface area contributed by atoms with Crippen LogP contribution in [0.1, 0.15) is 36.7 Å². The summed E-state index contributed by atoms with van der Waals surface area (Å²) >= 11 is 0. The van der Waals surface area contributed by atoms with Crippen LogP contribution in [0.5, 0.6) is 0 Å². The summed E-state index contributed by atoms with van der Waals surface area (Å²) in [4.78, 5) is 33.1. The van der Waals surface area contributed by atoms with Gasteiger partial charge in [-0.2, -0.15) is 0 Å². The minimum Gasteiger partial charge on any atom is -0.347 e. The molecule has 1 aromatic carbocycles. The second-order valence-electron chi connectivity index (χ2n) is 4.92. The van der Waals surface area contributed by atoms with Crippen LogP contribution in [0.25, 0.3) is 0 Å². The zero-order chi connectivity index (χ0) is 14.1. The van der Waals surface area contributed by atoms with E-state index in [0.717, 1.165) is 5.56 Å². The summed E-state index contributed by atoms with van der Waals surface area (Å²) in [6.07, 6.45) is 3.53. The molecule has 1 fully saturated rings. The number of hydrogen-bond acceptors (Lipinski definition) is 3. The van der Waals surface area contributed by atoms with E-state index >= 15 is 0 Å². The minimum absolute atomic E-state index is 0.146. The first kappa shape index (κ1) is 12.6. The third kappa shape index (κ3) is 2.01. The van der Waals surface area contributed by atoms with Crippen molar-refractivity contribution in [3.8, 4) is 0 Å². The monoisotopic (exact) mass is 269 g/mol. The van der Waals surface area contributed by atoms with Gasteiger partial charge in [0.05, 0.1) is 12.0 Å². The van der Waals surface area contributed by atoms with E-state index in [4.69, 9.17) is 0 Å². The smallest absolute Gasteiger partial charge is 0.237 e. The van der Waals surface area contributed by atoms with Gasteiger partial charge in [0.1, 0.15) is 5.82 Å². The summed E-state index contributed by atoms with van der Waals surface area (Å²) in [6, 6.07) is 9.07. The van der Waals surface area contributed by atoms with Gasteiger partial charge in [0, 0.05) is 18.8 Å². The molecule has 0 spiro atoms. The van der Waals surface area contributed by atoms with E-state index in [1.807, 2.05) is 37.3 Å². The third-order valence-corrected chi connectivity index (χ3v) is 3.69. The number of amides is 2. The lowest BCUT2D eigenvalue weighted by atomic mass is 9.98. The molecule has 5 nitrogen and oxygen atoms in total. The predicted molar refractivity (Wildman–Crippen MR) is 72.7 cm³/mol. The zero-order valence-corrected chi connectivity index (χ0v) is 11.1. The Morgan fingerprint density at radius 3 is 2.70 bits per heavy atom. The van der Waals surface area contributed by atoms with Gasteiger partial charge < -0.3 is 4.98 Å². The van der Waals surface area contributed by atoms with Crippen molar-refractivity contribution in [1.82, 2.24) is 14.9 Å². The van der Waals surface area contributed by atoms with Gasteiger partial charge >= 0.3 is 0 Å². The second-order valence-corrected chi connectivity index (χ2v) is 4.92. The van der Waals surface area contributed by atoms with Gasteiger partial charge in [-0.15, -0.1) is 0 Å². The summed E-state index contributed by atoms with van der Waals surface area (Å²) in [7, 11) is 0. The molecule has 102 valence electrons. The lowest BCUT2D eigenvalue weighted by molar-refractivity contribution is -0.141. The summed E-state index contributed by atoms with van der Waals surface area (Å²) in [5.41, 5.74) is 0.889. The van der Waals surface area contributed by atoms with Crippen molar-refractivity contribution in [1.29, 1.82) is 0 Å². The quantitative estimate of drug-likeness (QED) is 0.867. The molecular weight excluding hydrogens is 254 g/mol. The number of aromatic amines is 1. The molecule has 1 N–H and O–H groups in total. The molecule has 2 amide bonds. The fourth-order valence-electron chi connectivity index (χ4n) is 2.63. The number of rotatable bonds is 3. The van der Waals surface area contributed by atoms with Crippen LogP contribution in [0.15, 0.2) is 42.7 Å². The third-order valence-electron chi connectivity index (χ3n) is 3.69.